The lowest BCUT2D eigenvalue weighted by Crippen LogP contribution is -2.39. The van der Waals surface area contributed by atoms with Crippen LogP contribution in [0.2, 0.25) is 0 Å². The Labute approximate surface area is 165 Å². The maximum atomic E-state index is 12.4. The zero-order chi connectivity index (χ0) is 20.1. The highest BCUT2D eigenvalue weighted by Gasteiger charge is 2.21. The molecule has 0 saturated carbocycles. The Balaban J connectivity index is 1.57. The van der Waals surface area contributed by atoms with Gasteiger partial charge in [0.2, 0.25) is 0 Å². The van der Waals surface area contributed by atoms with Crippen LogP contribution in [-0.4, -0.2) is 45.5 Å². The summed E-state index contributed by atoms with van der Waals surface area (Å²) >= 11 is 0. The fourth-order valence-corrected chi connectivity index (χ4v) is 2.92. The molecule has 1 amide bonds. The predicted octanol–water partition coefficient (Wildman–Crippen LogP) is 2.89. The largest absolute Gasteiger partial charge is 0.490 e. The summed E-state index contributed by atoms with van der Waals surface area (Å²) in [7, 11) is 1.66. The van der Waals surface area contributed by atoms with Crippen LogP contribution in [0.25, 0.3) is 5.69 Å². The fraction of sp³-hybridized carbons (Fsp3) is 0.273. The molecule has 0 spiro atoms. The molecule has 28 heavy (non-hydrogen) atoms. The Hall–Kier alpha value is -3.12. The molecule has 0 fully saturated rings. The van der Waals surface area contributed by atoms with Gasteiger partial charge in [-0.1, -0.05) is 30.3 Å². The number of hydrogen-bond donors (Lipinski definition) is 1. The van der Waals surface area contributed by atoms with Gasteiger partial charge >= 0.3 is 0 Å². The minimum atomic E-state index is -1.23. The molecular formula is C22H25N3O3. The summed E-state index contributed by atoms with van der Waals surface area (Å²) in [5, 5.41) is 14.6. The van der Waals surface area contributed by atoms with Gasteiger partial charge in [-0.2, -0.15) is 5.10 Å². The zero-order valence-electron chi connectivity index (χ0n) is 16.4. The average molecular weight is 379 g/mol. The number of para-hydroxylation sites is 1. The van der Waals surface area contributed by atoms with Crippen LogP contribution in [0.3, 0.4) is 0 Å². The summed E-state index contributed by atoms with van der Waals surface area (Å²) in [6.07, 6.45) is 2.38. The van der Waals surface area contributed by atoms with Crippen molar-refractivity contribution in [3.63, 3.8) is 0 Å². The van der Waals surface area contributed by atoms with Gasteiger partial charge in [-0.25, -0.2) is 4.68 Å². The van der Waals surface area contributed by atoms with Crippen molar-refractivity contribution in [3.05, 3.63) is 77.6 Å². The Morgan fingerprint density at radius 3 is 2.75 bits per heavy atom. The molecule has 1 atom stereocenters. The molecule has 0 radical (unpaired) electrons. The van der Waals surface area contributed by atoms with E-state index in [0.717, 1.165) is 22.4 Å². The lowest BCUT2D eigenvalue weighted by molar-refractivity contribution is -0.140. The standard InChI is InChI=1S/C22H25N3O3/c1-16-7-6-9-19(11-16)25-14-18(12-23-25)13-24(3)22(27)20(26)15-28-21-10-5-4-8-17(21)2/h4-12,14,20,26H,13,15H2,1-3H3/t20-/m0/s1. The number of likely N-dealkylation sites (N-methyl/N-ethyl adjacent to an activating group) is 1. The SMILES string of the molecule is Cc1cccc(-n2cc(CN(C)C(=O)[C@@H](O)COc3ccccc3C)cn2)c1. The van der Waals surface area contributed by atoms with Crippen molar-refractivity contribution in [1.82, 2.24) is 14.7 Å². The second kappa shape index (κ2) is 8.71. The number of rotatable bonds is 7. The number of carbonyl (C=O) groups excluding carboxylic acids is 1. The first-order valence-electron chi connectivity index (χ1n) is 9.16. The molecule has 3 aromatic rings. The van der Waals surface area contributed by atoms with Gasteiger partial charge in [-0.15, -0.1) is 0 Å². The summed E-state index contributed by atoms with van der Waals surface area (Å²) in [5.41, 5.74) is 3.95. The number of aromatic nitrogens is 2. The summed E-state index contributed by atoms with van der Waals surface area (Å²) < 4.78 is 7.36. The third-order valence-electron chi connectivity index (χ3n) is 4.47. The van der Waals surface area contributed by atoms with Crippen LogP contribution in [0.1, 0.15) is 16.7 Å². The third-order valence-corrected chi connectivity index (χ3v) is 4.47. The lowest BCUT2D eigenvalue weighted by atomic mass is 10.2. The van der Waals surface area contributed by atoms with E-state index in [2.05, 4.69) is 5.10 Å². The number of carbonyl (C=O) groups is 1. The molecule has 6 heteroatoms. The molecule has 146 valence electrons. The van der Waals surface area contributed by atoms with Crippen molar-refractivity contribution in [2.45, 2.75) is 26.5 Å². The number of aryl methyl sites for hydroxylation is 2. The van der Waals surface area contributed by atoms with Crippen LogP contribution >= 0.6 is 0 Å². The molecule has 0 saturated heterocycles. The van der Waals surface area contributed by atoms with Gasteiger partial charge in [0.05, 0.1) is 11.9 Å². The summed E-state index contributed by atoms with van der Waals surface area (Å²) in [4.78, 5) is 13.9. The molecule has 0 aliphatic rings. The maximum Gasteiger partial charge on any atom is 0.255 e. The van der Waals surface area contributed by atoms with Gasteiger partial charge in [-0.05, 0) is 43.2 Å². The number of amides is 1. The maximum absolute atomic E-state index is 12.4. The van der Waals surface area contributed by atoms with E-state index in [1.54, 1.807) is 17.9 Å². The summed E-state index contributed by atoms with van der Waals surface area (Å²) in [6.45, 7) is 4.21. The van der Waals surface area contributed by atoms with Crippen LogP contribution < -0.4 is 4.74 Å². The normalized spacial score (nSPS) is 11.9. The number of nitrogens with zero attached hydrogens (tertiary/aromatic N) is 3. The van der Waals surface area contributed by atoms with E-state index in [4.69, 9.17) is 4.74 Å². The van der Waals surface area contributed by atoms with Crippen molar-refractivity contribution < 1.29 is 14.6 Å². The topological polar surface area (TPSA) is 67.6 Å². The minimum Gasteiger partial charge on any atom is -0.490 e. The molecule has 0 aliphatic heterocycles. The highest BCUT2D eigenvalue weighted by atomic mass is 16.5. The molecule has 1 heterocycles. The number of hydrogen-bond acceptors (Lipinski definition) is 4. The molecule has 2 aromatic carbocycles. The summed E-state index contributed by atoms with van der Waals surface area (Å²) in [6, 6.07) is 15.5. The van der Waals surface area contributed by atoms with Gasteiger partial charge < -0.3 is 14.7 Å². The molecular weight excluding hydrogens is 354 g/mol. The second-order valence-electron chi connectivity index (χ2n) is 6.92. The molecule has 1 N–H and O–H groups in total. The lowest BCUT2D eigenvalue weighted by Gasteiger charge is -2.20. The van der Waals surface area contributed by atoms with Crippen molar-refractivity contribution in [2.75, 3.05) is 13.7 Å². The first-order chi connectivity index (χ1) is 13.4. The number of aliphatic hydroxyl groups excluding tert-OH is 1. The molecule has 0 aliphatic carbocycles. The molecule has 3 rings (SSSR count). The number of ether oxygens (including phenoxy) is 1. The minimum absolute atomic E-state index is 0.0867. The third kappa shape index (κ3) is 4.78. The van der Waals surface area contributed by atoms with Crippen molar-refractivity contribution in [2.24, 2.45) is 0 Å². The molecule has 6 nitrogen and oxygen atoms in total. The van der Waals surface area contributed by atoms with E-state index in [1.807, 2.05) is 68.6 Å². The molecule has 0 bridgehead atoms. The Morgan fingerprint density at radius 2 is 2.00 bits per heavy atom. The van der Waals surface area contributed by atoms with Crippen LogP contribution in [0.4, 0.5) is 0 Å². The van der Waals surface area contributed by atoms with Gasteiger partial charge in [0.25, 0.3) is 5.91 Å². The predicted molar refractivity (Wildman–Crippen MR) is 107 cm³/mol. The zero-order valence-corrected chi connectivity index (χ0v) is 16.4. The first kappa shape index (κ1) is 19.6. The Bertz CT molecular complexity index is 951. The van der Waals surface area contributed by atoms with E-state index < -0.39 is 12.0 Å². The van der Waals surface area contributed by atoms with Crippen LogP contribution in [0.5, 0.6) is 5.75 Å². The highest BCUT2D eigenvalue weighted by molar-refractivity contribution is 5.80. The average Bonchev–Trinajstić information content (AvgIpc) is 3.15. The van der Waals surface area contributed by atoms with Crippen molar-refractivity contribution in [3.8, 4) is 11.4 Å². The second-order valence-corrected chi connectivity index (χ2v) is 6.92. The van der Waals surface area contributed by atoms with Crippen LogP contribution in [0.15, 0.2) is 60.9 Å². The fourth-order valence-electron chi connectivity index (χ4n) is 2.92. The van der Waals surface area contributed by atoms with Gasteiger partial charge in [0, 0.05) is 25.4 Å². The molecule has 1 aromatic heterocycles. The Kier molecular flexibility index (Phi) is 6.11. The van der Waals surface area contributed by atoms with Crippen molar-refractivity contribution >= 4 is 5.91 Å². The van der Waals surface area contributed by atoms with Crippen LogP contribution in [-0.2, 0) is 11.3 Å². The van der Waals surface area contributed by atoms with Gasteiger partial charge in [0.15, 0.2) is 6.10 Å². The van der Waals surface area contributed by atoms with E-state index in [0.29, 0.717) is 12.3 Å². The van der Waals surface area contributed by atoms with E-state index in [9.17, 15) is 9.90 Å². The monoisotopic (exact) mass is 379 g/mol. The van der Waals surface area contributed by atoms with Crippen LogP contribution in [0, 0.1) is 13.8 Å². The number of benzene rings is 2. The van der Waals surface area contributed by atoms with E-state index in [-0.39, 0.29) is 6.61 Å². The quantitative estimate of drug-likeness (QED) is 0.685. The molecule has 0 unspecified atom stereocenters. The van der Waals surface area contributed by atoms with Crippen molar-refractivity contribution in [1.29, 1.82) is 0 Å². The van der Waals surface area contributed by atoms with Gasteiger partial charge in [0.1, 0.15) is 12.4 Å². The smallest absolute Gasteiger partial charge is 0.255 e. The Morgan fingerprint density at radius 1 is 1.21 bits per heavy atom. The van der Waals surface area contributed by atoms with Gasteiger partial charge in [-0.3, -0.25) is 4.79 Å². The number of aliphatic hydroxyl groups is 1. The first-order valence-corrected chi connectivity index (χ1v) is 9.16. The van der Waals surface area contributed by atoms with E-state index in [1.165, 1.54) is 4.90 Å². The van der Waals surface area contributed by atoms with E-state index >= 15 is 0 Å². The summed E-state index contributed by atoms with van der Waals surface area (Å²) in [5.74, 6) is 0.272. The highest BCUT2D eigenvalue weighted by Crippen LogP contribution is 2.17.